The summed E-state index contributed by atoms with van der Waals surface area (Å²) in [6.07, 6.45) is 0. The van der Waals surface area contributed by atoms with Gasteiger partial charge in [0, 0.05) is 23.5 Å². The van der Waals surface area contributed by atoms with Crippen molar-refractivity contribution in [3.8, 4) is 0 Å². The zero-order valence-electron chi connectivity index (χ0n) is 10.5. The maximum Gasteiger partial charge on any atom is 0.269 e. The lowest BCUT2D eigenvalue weighted by Crippen LogP contribution is -2.31. The summed E-state index contributed by atoms with van der Waals surface area (Å²) in [5, 5.41) is 20.9. The van der Waals surface area contributed by atoms with E-state index in [-0.39, 0.29) is 22.2 Å². The first-order valence-electron chi connectivity index (χ1n) is 5.43. The molecule has 0 spiro atoms. The van der Waals surface area contributed by atoms with Crippen LogP contribution in [0.15, 0.2) is 24.3 Å². The molecule has 7 heteroatoms. The van der Waals surface area contributed by atoms with Gasteiger partial charge in [-0.2, -0.15) is 0 Å². The Balaban J connectivity index is 2.84. The number of benzene rings is 1. The molecule has 0 aliphatic carbocycles. The van der Waals surface area contributed by atoms with Crippen molar-refractivity contribution in [1.29, 1.82) is 5.41 Å². The monoisotopic (exact) mass is 279 g/mol. The summed E-state index contributed by atoms with van der Waals surface area (Å²) in [7, 11) is 0. The van der Waals surface area contributed by atoms with E-state index in [9.17, 15) is 14.9 Å². The predicted octanol–water partition coefficient (Wildman–Crippen LogP) is 2.58. The van der Waals surface area contributed by atoms with Crippen molar-refractivity contribution in [1.82, 2.24) is 0 Å². The second-order valence-electron chi connectivity index (χ2n) is 4.02. The van der Waals surface area contributed by atoms with Crippen LogP contribution < -0.4 is 5.32 Å². The van der Waals surface area contributed by atoms with E-state index >= 15 is 0 Å². The number of hydrogen-bond donors (Lipinski definition) is 2. The average Bonchev–Trinajstić information content (AvgIpc) is 2.28. The average molecular weight is 279 g/mol. The van der Waals surface area contributed by atoms with E-state index in [1.165, 1.54) is 38.1 Å². The first-order valence-corrected chi connectivity index (χ1v) is 5.84. The van der Waals surface area contributed by atoms with Gasteiger partial charge in [-0.3, -0.25) is 14.9 Å². The molecular weight excluding hydrogens is 266 g/mol. The van der Waals surface area contributed by atoms with Crippen molar-refractivity contribution in [3.63, 3.8) is 0 Å². The number of rotatable bonds is 5. The SMILES string of the molecule is CC(=N)C(C(C)=O)C(=S)Nc1ccc([N+](=O)[O-])cc1. The van der Waals surface area contributed by atoms with E-state index < -0.39 is 10.8 Å². The van der Waals surface area contributed by atoms with Crippen molar-refractivity contribution < 1.29 is 9.72 Å². The number of non-ortho nitro benzene ring substituents is 1. The van der Waals surface area contributed by atoms with E-state index in [4.69, 9.17) is 17.6 Å². The number of carbonyl (C=O) groups is 1. The zero-order valence-corrected chi connectivity index (χ0v) is 11.3. The predicted molar refractivity (Wildman–Crippen MR) is 76.9 cm³/mol. The van der Waals surface area contributed by atoms with Gasteiger partial charge >= 0.3 is 0 Å². The van der Waals surface area contributed by atoms with Crippen molar-refractivity contribution in [2.45, 2.75) is 13.8 Å². The molecule has 1 atom stereocenters. The fourth-order valence-electron chi connectivity index (χ4n) is 1.57. The number of nitrogens with one attached hydrogen (secondary N) is 2. The van der Waals surface area contributed by atoms with E-state index in [1.807, 2.05) is 0 Å². The Morgan fingerprint density at radius 1 is 1.37 bits per heavy atom. The number of carbonyl (C=O) groups excluding carboxylic acids is 1. The van der Waals surface area contributed by atoms with Gasteiger partial charge in [-0.15, -0.1) is 0 Å². The van der Waals surface area contributed by atoms with Crippen LogP contribution in [0.3, 0.4) is 0 Å². The smallest absolute Gasteiger partial charge is 0.269 e. The van der Waals surface area contributed by atoms with Gasteiger partial charge in [-0.25, -0.2) is 0 Å². The second kappa shape index (κ2) is 6.14. The maximum atomic E-state index is 11.4. The van der Waals surface area contributed by atoms with Crippen LogP contribution in [0.2, 0.25) is 0 Å². The lowest BCUT2D eigenvalue weighted by molar-refractivity contribution is -0.384. The minimum Gasteiger partial charge on any atom is -0.349 e. The third kappa shape index (κ3) is 3.92. The van der Waals surface area contributed by atoms with Gasteiger partial charge in [-0.05, 0) is 26.0 Å². The van der Waals surface area contributed by atoms with Crippen LogP contribution in [-0.4, -0.2) is 21.4 Å². The van der Waals surface area contributed by atoms with Gasteiger partial charge < -0.3 is 10.7 Å². The molecule has 0 saturated carbocycles. The molecule has 19 heavy (non-hydrogen) atoms. The van der Waals surface area contributed by atoms with Crippen LogP contribution >= 0.6 is 12.2 Å². The Morgan fingerprint density at radius 2 is 1.89 bits per heavy atom. The van der Waals surface area contributed by atoms with Gasteiger partial charge in [0.25, 0.3) is 5.69 Å². The molecule has 0 aliphatic heterocycles. The van der Waals surface area contributed by atoms with Crippen LogP contribution in [0.1, 0.15) is 13.8 Å². The Labute approximate surface area is 115 Å². The number of nitro benzene ring substituents is 1. The molecule has 0 bridgehead atoms. The van der Waals surface area contributed by atoms with Crippen LogP contribution in [0.25, 0.3) is 0 Å². The molecule has 0 aliphatic rings. The number of anilines is 1. The molecule has 1 aromatic carbocycles. The highest BCUT2D eigenvalue weighted by atomic mass is 32.1. The highest BCUT2D eigenvalue weighted by Gasteiger charge is 2.22. The molecule has 100 valence electrons. The number of thiocarbonyl (C=S) groups is 1. The third-order valence-corrected chi connectivity index (χ3v) is 2.79. The van der Waals surface area contributed by atoms with Gasteiger partial charge in [0.1, 0.15) is 11.7 Å². The van der Waals surface area contributed by atoms with Crippen molar-refractivity contribution in [2.75, 3.05) is 5.32 Å². The zero-order chi connectivity index (χ0) is 14.6. The summed E-state index contributed by atoms with van der Waals surface area (Å²) in [6.45, 7) is 2.88. The summed E-state index contributed by atoms with van der Waals surface area (Å²) < 4.78 is 0. The second-order valence-corrected chi connectivity index (χ2v) is 4.46. The van der Waals surface area contributed by atoms with E-state index in [2.05, 4.69) is 5.32 Å². The molecule has 0 fully saturated rings. The molecule has 1 aromatic rings. The molecule has 2 N–H and O–H groups in total. The Bertz CT molecular complexity index is 526. The topological polar surface area (TPSA) is 96.1 Å². The normalized spacial score (nSPS) is 11.5. The minimum atomic E-state index is -0.759. The lowest BCUT2D eigenvalue weighted by Gasteiger charge is -2.15. The number of nitrogens with zero attached hydrogens (tertiary/aromatic N) is 1. The van der Waals surface area contributed by atoms with Crippen molar-refractivity contribution in [2.24, 2.45) is 5.92 Å². The minimum absolute atomic E-state index is 0.0252. The van der Waals surface area contributed by atoms with Crippen LogP contribution in [0.4, 0.5) is 11.4 Å². The van der Waals surface area contributed by atoms with E-state index in [0.717, 1.165) is 0 Å². The highest BCUT2D eigenvalue weighted by Crippen LogP contribution is 2.17. The number of nitro groups is 1. The standard InChI is InChI=1S/C12H13N3O3S/c1-7(13)11(8(2)16)12(19)14-9-3-5-10(6-4-9)15(17)18/h3-6,11,13H,1-2H3,(H,14,19). The summed E-state index contributed by atoms with van der Waals surface area (Å²) in [4.78, 5) is 21.6. The summed E-state index contributed by atoms with van der Waals surface area (Å²) in [6, 6.07) is 5.68. The van der Waals surface area contributed by atoms with Gasteiger partial charge in [0.05, 0.1) is 9.91 Å². The Kier molecular flexibility index (Phi) is 4.82. The molecule has 1 unspecified atom stereocenters. The fourth-order valence-corrected chi connectivity index (χ4v) is 2.03. The van der Waals surface area contributed by atoms with Crippen LogP contribution in [-0.2, 0) is 4.79 Å². The van der Waals surface area contributed by atoms with Crippen molar-refractivity contribution >= 4 is 40.1 Å². The quantitative estimate of drug-likeness (QED) is 0.374. The fraction of sp³-hybridized carbons (Fsp3) is 0.250. The molecule has 0 radical (unpaired) electrons. The van der Waals surface area contributed by atoms with Gasteiger partial charge in [0.15, 0.2) is 0 Å². The van der Waals surface area contributed by atoms with Gasteiger partial charge in [0.2, 0.25) is 0 Å². The summed E-state index contributed by atoms with van der Waals surface area (Å²) >= 11 is 5.09. The molecular formula is C12H13N3O3S. The van der Waals surface area contributed by atoms with Gasteiger partial charge in [-0.1, -0.05) is 12.2 Å². The Morgan fingerprint density at radius 3 is 2.26 bits per heavy atom. The molecule has 0 saturated heterocycles. The molecule has 0 amide bonds. The highest BCUT2D eigenvalue weighted by molar-refractivity contribution is 7.80. The Hall–Kier alpha value is -2.15. The van der Waals surface area contributed by atoms with E-state index in [0.29, 0.717) is 5.69 Å². The molecule has 6 nitrogen and oxygen atoms in total. The number of hydrogen-bond acceptors (Lipinski definition) is 5. The lowest BCUT2D eigenvalue weighted by atomic mass is 10.00. The van der Waals surface area contributed by atoms with Crippen LogP contribution in [0.5, 0.6) is 0 Å². The molecule has 0 heterocycles. The first-order chi connectivity index (χ1) is 8.82. The summed E-state index contributed by atoms with van der Waals surface area (Å²) in [5.41, 5.74) is 0.679. The molecule has 0 aromatic heterocycles. The van der Waals surface area contributed by atoms with Crippen LogP contribution in [0, 0.1) is 21.4 Å². The van der Waals surface area contributed by atoms with E-state index in [1.54, 1.807) is 0 Å². The first kappa shape index (κ1) is 14.9. The number of Topliss-reactive ketones (excluding diaryl/α,β-unsaturated/α-hetero) is 1. The maximum absolute atomic E-state index is 11.4. The van der Waals surface area contributed by atoms with Crippen molar-refractivity contribution in [3.05, 3.63) is 34.4 Å². The summed E-state index contributed by atoms with van der Waals surface area (Å²) in [5.74, 6) is -0.975. The largest absolute Gasteiger partial charge is 0.349 e. The third-order valence-electron chi connectivity index (χ3n) is 2.45. The molecule has 1 rings (SSSR count). The number of ketones is 1.